The molecule has 4 rings (SSSR count). The Labute approximate surface area is 156 Å². The Morgan fingerprint density at radius 3 is 2.56 bits per heavy atom. The van der Waals surface area contributed by atoms with Gasteiger partial charge in [-0.25, -0.2) is 9.18 Å². The van der Waals surface area contributed by atoms with Gasteiger partial charge in [0.1, 0.15) is 5.82 Å². The van der Waals surface area contributed by atoms with Crippen molar-refractivity contribution in [3.63, 3.8) is 0 Å². The van der Waals surface area contributed by atoms with E-state index < -0.39 is 6.03 Å². The Balaban J connectivity index is 1.72. The van der Waals surface area contributed by atoms with Crippen LogP contribution in [0.1, 0.15) is 19.3 Å². The summed E-state index contributed by atoms with van der Waals surface area (Å²) in [5.41, 5.74) is 1.32. The second-order valence-electron chi connectivity index (χ2n) is 6.97. The molecule has 8 nitrogen and oxygen atoms in total. The predicted molar refractivity (Wildman–Crippen MR) is 100 cm³/mol. The standard InChI is InChI=1S/C18H23FN6O2/c1-23-14-11-15(24-7-2-5-20-6-3-8-24)13(19)10-12(14)17(22-23)25-9-4-16(26)21-18(25)27/h10-11,20H,2-9H2,1H3,(H,21,26,27). The number of fused-ring (bicyclic) bond motifs is 1. The Kier molecular flexibility index (Phi) is 4.69. The third-order valence-corrected chi connectivity index (χ3v) is 5.11. The van der Waals surface area contributed by atoms with Crippen LogP contribution in [-0.2, 0) is 11.8 Å². The van der Waals surface area contributed by atoms with Crippen LogP contribution in [0, 0.1) is 5.82 Å². The van der Waals surface area contributed by atoms with Gasteiger partial charge in [0.05, 0.1) is 11.2 Å². The lowest BCUT2D eigenvalue weighted by Gasteiger charge is -2.28. The quantitative estimate of drug-likeness (QED) is 0.829. The molecule has 2 aliphatic rings. The number of nitrogens with zero attached hydrogens (tertiary/aromatic N) is 4. The molecule has 0 aliphatic carbocycles. The van der Waals surface area contributed by atoms with Crippen LogP contribution in [0.2, 0.25) is 0 Å². The van der Waals surface area contributed by atoms with Crippen LogP contribution in [0.25, 0.3) is 10.9 Å². The fourth-order valence-corrected chi connectivity index (χ4v) is 3.72. The van der Waals surface area contributed by atoms with Gasteiger partial charge in [0.15, 0.2) is 5.82 Å². The third kappa shape index (κ3) is 3.34. The summed E-state index contributed by atoms with van der Waals surface area (Å²) in [6, 6.07) is 2.74. The van der Waals surface area contributed by atoms with Crippen molar-refractivity contribution < 1.29 is 14.0 Å². The lowest BCUT2D eigenvalue weighted by molar-refractivity contribution is -0.120. The summed E-state index contributed by atoms with van der Waals surface area (Å²) >= 11 is 0. The number of rotatable bonds is 2. The smallest absolute Gasteiger partial charge is 0.329 e. The molecule has 2 N–H and O–H groups in total. The van der Waals surface area contributed by atoms with Crippen LogP contribution < -0.4 is 20.4 Å². The monoisotopic (exact) mass is 374 g/mol. The normalized spacial score (nSPS) is 19.2. The van der Waals surface area contributed by atoms with Crippen molar-refractivity contribution in [1.82, 2.24) is 20.4 Å². The molecule has 0 saturated carbocycles. The molecule has 0 spiro atoms. The highest BCUT2D eigenvalue weighted by atomic mass is 19.1. The van der Waals surface area contributed by atoms with Gasteiger partial charge in [-0.1, -0.05) is 0 Å². The number of hydrogen-bond donors (Lipinski definition) is 2. The van der Waals surface area contributed by atoms with Crippen LogP contribution in [0.5, 0.6) is 0 Å². The molecule has 2 saturated heterocycles. The molecule has 3 heterocycles. The molecule has 0 bridgehead atoms. The molecule has 0 atom stereocenters. The van der Waals surface area contributed by atoms with E-state index in [2.05, 4.69) is 20.6 Å². The third-order valence-electron chi connectivity index (χ3n) is 5.11. The second kappa shape index (κ2) is 7.15. The van der Waals surface area contributed by atoms with Gasteiger partial charge in [-0.05, 0) is 38.1 Å². The maximum Gasteiger partial charge on any atom is 0.329 e. The molecular formula is C18H23FN6O2. The fourth-order valence-electron chi connectivity index (χ4n) is 3.72. The van der Waals surface area contributed by atoms with Gasteiger partial charge < -0.3 is 10.2 Å². The number of carbonyl (C=O) groups excluding carboxylic acids is 2. The highest BCUT2D eigenvalue weighted by Gasteiger charge is 2.28. The first-order valence-electron chi connectivity index (χ1n) is 9.28. The van der Waals surface area contributed by atoms with E-state index in [0.717, 1.165) is 44.5 Å². The van der Waals surface area contributed by atoms with Crippen LogP contribution in [0.15, 0.2) is 12.1 Å². The summed E-state index contributed by atoms with van der Waals surface area (Å²) in [4.78, 5) is 27.0. The minimum absolute atomic E-state index is 0.201. The summed E-state index contributed by atoms with van der Waals surface area (Å²) in [6.07, 6.45) is 2.11. The molecule has 1 aromatic heterocycles. The van der Waals surface area contributed by atoms with Crippen LogP contribution in [0.4, 0.5) is 20.7 Å². The van der Waals surface area contributed by atoms with Crippen LogP contribution >= 0.6 is 0 Å². The molecule has 1 aromatic carbocycles. The van der Waals surface area contributed by atoms with Crippen molar-refractivity contribution in [2.24, 2.45) is 7.05 Å². The number of halogens is 1. The Morgan fingerprint density at radius 2 is 1.85 bits per heavy atom. The molecular weight excluding hydrogens is 351 g/mol. The Morgan fingerprint density at radius 1 is 1.11 bits per heavy atom. The lowest BCUT2D eigenvalue weighted by atomic mass is 10.1. The summed E-state index contributed by atoms with van der Waals surface area (Å²) in [5, 5.41) is 10.6. The minimum Gasteiger partial charge on any atom is -0.369 e. The minimum atomic E-state index is -0.521. The number of anilines is 2. The molecule has 9 heteroatoms. The zero-order valence-electron chi connectivity index (χ0n) is 15.3. The van der Waals surface area contributed by atoms with Crippen LogP contribution in [-0.4, -0.2) is 54.4 Å². The van der Waals surface area contributed by atoms with Crippen molar-refractivity contribution >= 4 is 34.3 Å². The van der Waals surface area contributed by atoms with Gasteiger partial charge in [-0.15, -0.1) is 0 Å². The largest absolute Gasteiger partial charge is 0.369 e. The van der Waals surface area contributed by atoms with Crippen molar-refractivity contribution in [2.45, 2.75) is 19.3 Å². The first-order valence-corrected chi connectivity index (χ1v) is 9.28. The zero-order valence-corrected chi connectivity index (χ0v) is 15.3. The average Bonchev–Trinajstić information content (AvgIpc) is 2.90. The van der Waals surface area contributed by atoms with Gasteiger partial charge in [0.25, 0.3) is 0 Å². The number of urea groups is 1. The summed E-state index contributed by atoms with van der Waals surface area (Å²) in [5.74, 6) is -0.255. The molecule has 0 unspecified atom stereocenters. The van der Waals surface area contributed by atoms with Crippen LogP contribution in [0.3, 0.4) is 0 Å². The molecule has 2 aromatic rings. The molecule has 144 valence electrons. The van der Waals surface area contributed by atoms with E-state index in [1.165, 1.54) is 11.0 Å². The Bertz CT molecular complexity index is 888. The highest BCUT2D eigenvalue weighted by molar-refractivity contribution is 6.09. The van der Waals surface area contributed by atoms with Crippen molar-refractivity contribution in [3.05, 3.63) is 17.9 Å². The van der Waals surface area contributed by atoms with E-state index >= 15 is 0 Å². The van der Waals surface area contributed by atoms with Crippen molar-refractivity contribution in [1.29, 1.82) is 0 Å². The lowest BCUT2D eigenvalue weighted by Crippen LogP contribution is -2.49. The van der Waals surface area contributed by atoms with E-state index in [9.17, 15) is 14.0 Å². The molecule has 2 aliphatic heterocycles. The molecule has 0 radical (unpaired) electrons. The summed E-state index contributed by atoms with van der Waals surface area (Å²) in [6.45, 7) is 3.67. The number of amides is 3. The fraction of sp³-hybridized carbons (Fsp3) is 0.500. The van der Waals surface area contributed by atoms with Crippen molar-refractivity contribution in [3.8, 4) is 0 Å². The maximum atomic E-state index is 15.0. The number of imide groups is 1. The van der Waals surface area contributed by atoms with E-state index in [1.807, 2.05) is 6.07 Å². The molecule has 2 fully saturated rings. The maximum absolute atomic E-state index is 15.0. The predicted octanol–water partition coefficient (Wildman–Crippen LogP) is 1.35. The zero-order chi connectivity index (χ0) is 19.0. The highest BCUT2D eigenvalue weighted by Crippen LogP contribution is 2.32. The molecule has 27 heavy (non-hydrogen) atoms. The van der Waals surface area contributed by atoms with Gasteiger partial charge in [0, 0.05) is 38.5 Å². The van der Waals surface area contributed by atoms with E-state index in [0.29, 0.717) is 16.9 Å². The van der Waals surface area contributed by atoms with Gasteiger partial charge in [0.2, 0.25) is 5.91 Å². The van der Waals surface area contributed by atoms with Crippen molar-refractivity contribution in [2.75, 3.05) is 42.5 Å². The number of benzene rings is 1. The molecule has 3 amide bonds. The van der Waals surface area contributed by atoms with E-state index in [1.54, 1.807) is 11.7 Å². The number of nitrogens with one attached hydrogen (secondary N) is 2. The number of hydrogen-bond acceptors (Lipinski definition) is 5. The topological polar surface area (TPSA) is 82.5 Å². The summed E-state index contributed by atoms with van der Waals surface area (Å²) < 4.78 is 16.6. The van der Waals surface area contributed by atoms with Gasteiger partial charge in [-0.2, -0.15) is 5.10 Å². The van der Waals surface area contributed by atoms with Gasteiger partial charge in [-0.3, -0.25) is 19.7 Å². The number of aromatic nitrogens is 2. The van der Waals surface area contributed by atoms with E-state index in [4.69, 9.17) is 0 Å². The number of aryl methyl sites for hydroxylation is 1. The first-order chi connectivity index (χ1) is 13.0. The van der Waals surface area contributed by atoms with Gasteiger partial charge >= 0.3 is 6.03 Å². The Hall–Kier alpha value is -2.68. The second-order valence-corrected chi connectivity index (χ2v) is 6.97. The summed E-state index contributed by atoms with van der Waals surface area (Å²) in [7, 11) is 1.78. The van der Waals surface area contributed by atoms with E-state index in [-0.39, 0.29) is 24.7 Å². The first kappa shape index (κ1) is 17.7. The number of carbonyl (C=O) groups is 2. The SMILES string of the molecule is Cn1nc(N2CCC(=O)NC2=O)c2cc(F)c(N3CCCNCCC3)cc21. The average molecular weight is 374 g/mol.